The zero-order valence-corrected chi connectivity index (χ0v) is 13.4. The third-order valence-electron chi connectivity index (χ3n) is 6.20. The predicted octanol–water partition coefficient (Wildman–Crippen LogP) is 0.826. The molecule has 3 aliphatic heterocycles. The summed E-state index contributed by atoms with van der Waals surface area (Å²) in [6.07, 6.45) is 6.76. The number of piperidine rings is 1. The normalized spacial score (nSPS) is 39.6. The molecule has 3 heterocycles. The van der Waals surface area contributed by atoms with Crippen molar-refractivity contribution in [2.45, 2.75) is 43.7 Å². The first-order valence-electron chi connectivity index (χ1n) is 8.49. The third-order valence-corrected chi connectivity index (χ3v) is 6.20. The molecule has 20 heavy (non-hydrogen) atoms. The Kier molecular flexibility index (Phi) is 4.37. The molecule has 3 aliphatic rings. The second-order valence-electron chi connectivity index (χ2n) is 7.40. The van der Waals surface area contributed by atoms with Crippen LogP contribution in [-0.4, -0.2) is 79.6 Å². The summed E-state index contributed by atoms with van der Waals surface area (Å²) in [5.41, 5.74) is 6.55. The highest BCUT2D eigenvalue weighted by Crippen LogP contribution is 2.38. The van der Waals surface area contributed by atoms with E-state index < -0.39 is 0 Å². The maximum atomic E-state index is 6.30. The van der Waals surface area contributed by atoms with Crippen molar-refractivity contribution in [2.75, 3.05) is 53.4 Å². The van der Waals surface area contributed by atoms with Crippen LogP contribution in [0.2, 0.25) is 0 Å². The van der Waals surface area contributed by atoms with Gasteiger partial charge in [0.25, 0.3) is 0 Å². The number of fused-ring (bicyclic) bond motifs is 1. The lowest BCUT2D eigenvalue weighted by molar-refractivity contribution is 0.0467. The molecule has 0 saturated carbocycles. The van der Waals surface area contributed by atoms with Gasteiger partial charge in [-0.25, -0.2) is 0 Å². The number of likely N-dealkylation sites (N-methyl/N-ethyl adjacent to an activating group) is 1. The molecule has 0 amide bonds. The average molecular weight is 280 g/mol. The lowest BCUT2D eigenvalue weighted by Crippen LogP contribution is -2.61. The fourth-order valence-corrected chi connectivity index (χ4v) is 4.95. The van der Waals surface area contributed by atoms with Crippen LogP contribution in [-0.2, 0) is 0 Å². The molecule has 3 unspecified atom stereocenters. The van der Waals surface area contributed by atoms with Gasteiger partial charge in [-0.1, -0.05) is 6.42 Å². The Morgan fingerprint density at radius 2 is 2.05 bits per heavy atom. The Balaban J connectivity index is 1.68. The summed E-state index contributed by atoms with van der Waals surface area (Å²) in [7, 11) is 4.58. The minimum Gasteiger partial charge on any atom is -0.329 e. The largest absolute Gasteiger partial charge is 0.329 e. The van der Waals surface area contributed by atoms with E-state index in [1.807, 2.05) is 0 Å². The maximum absolute atomic E-state index is 6.30. The van der Waals surface area contributed by atoms with E-state index in [1.54, 1.807) is 0 Å². The molecule has 2 N–H and O–H groups in total. The first kappa shape index (κ1) is 14.8. The van der Waals surface area contributed by atoms with E-state index in [0.717, 1.165) is 12.5 Å². The molecule has 3 fully saturated rings. The highest BCUT2D eigenvalue weighted by atomic mass is 15.3. The lowest BCUT2D eigenvalue weighted by atomic mass is 9.83. The van der Waals surface area contributed by atoms with Gasteiger partial charge in [0.05, 0.1) is 0 Å². The predicted molar refractivity (Wildman–Crippen MR) is 83.8 cm³/mol. The van der Waals surface area contributed by atoms with Crippen LogP contribution in [0.15, 0.2) is 0 Å². The van der Waals surface area contributed by atoms with Crippen LogP contribution in [0.1, 0.15) is 32.1 Å². The van der Waals surface area contributed by atoms with Crippen molar-refractivity contribution in [1.29, 1.82) is 0 Å². The number of nitrogens with two attached hydrogens (primary N) is 1. The van der Waals surface area contributed by atoms with Gasteiger partial charge < -0.3 is 10.6 Å². The number of hydrogen-bond acceptors (Lipinski definition) is 4. The van der Waals surface area contributed by atoms with Crippen LogP contribution in [0.3, 0.4) is 0 Å². The molecule has 3 atom stereocenters. The minimum absolute atomic E-state index is 0.252. The molecule has 116 valence electrons. The number of rotatable bonds is 4. The van der Waals surface area contributed by atoms with E-state index in [-0.39, 0.29) is 5.54 Å². The fourth-order valence-electron chi connectivity index (χ4n) is 4.95. The highest BCUT2D eigenvalue weighted by Gasteiger charge is 2.49. The van der Waals surface area contributed by atoms with E-state index in [2.05, 4.69) is 28.8 Å². The van der Waals surface area contributed by atoms with Gasteiger partial charge in [0.15, 0.2) is 0 Å². The number of nitrogens with zero attached hydrogens (tertiary/aromatic N) is 3. The van der Waals surface area contributed by atoms with Crippen molar-refractivity contribution in [2.24, 2.45) is 11.7 Å². The quantitative estimate of drug-likeness (QED) is 0.827. The van der Waals surface area contributed by atoms with Gasteiger partial charge in [-0.3, -0.25) is 9.80 Å². The van der Waals surface area contributed by atoms with Crippen LogP contribution < -0.4 is 5.73 Å². The molecule has 3 saturated heterocycles. The monoisotopic (exact) mass is 280 g/mol. The molecule has 0 aromatic carbocycles. The van der Waals surface area contributed by atoms with Gasteiger partial charge in [-0.05, 0) is 58.8 Å². The van der Waals surface area contributed by atoms with E-state index in [9.17, 15) is 0 Å². The topological polar surface area (TPSA) is 35.7 Å². The van der Waals surface area contributed by atoms with E-state index in [4.69, 9.17) is 5.73 Å². The zero-order valence-electron chi connectivity index (χ0n) is 13.4. The van der Waals surface area contributed by atoms with Crippen LogP contribution >= 0.6 is 0 Å². The summed E-state index contributed by atoms with van der Waals surface area (Å²) >= 11 is 0. The summed E-state index contributed by atoms with van der Waals surface area (Å²) in [5, 5.41) is 0. The lowest BCUT2D eigenvalue weighted by Gasteiger charge is -2.46. The Morgan fingerprint density at radius 1 is 1.20 bits per heavy atom. The van der Waals surface area contributed by atoms with Gasteiger partial charge in [-0.2, -0.15) is 0 Å². The molecule has 4 heteroatoms. The third kappa shape index (κ3) is 2.52. The minimum atomic E-state index is 0.252. The van der Waals surface area contributed by atoms with Gasteiger partial charge in [0, 0.05) is 37.8 Å². The molecule has 0 bridgehead atoms. The Morgan fingerprint density at radius 3 is 2.75 bits per heavy atom. The molecule has 3 rings (SSSR count). The number of likely N-dealkylation sites (tertiary alicyclic amines) is 1. The zero-order chi connectivity index (χ0) is 14.2. The molecule has 0 radical (unpaired) electrons. The van der Waals surface area contributed by atoms with Crippen molar-refractivity contribution in [3.63, 3.8) is 0 Å². The summed E-state index contributed by atoms with van der Waals surface area (Å²) in [4.78, 5) is 7.83. The van der Waals surface area contributed by atoms with Crippen molar-refractivity contribution in [3.05, 3.63) is 0 Å². The molecule has 0 spiro atoms. The fraction of sp³-hybridized carbons (Fsp3) is 1.00. The van der Waals surface area contributed by atoms with E-state index >= 15 is 0 Å². The first-order valence-corrected chi connectivity index (χ1v) is 8.49. The first-order chi connectivity index (χ1) is 9.65. The summed E-state index contributed by atoms with van der Waals surface area (Å²) < 4.78 is 0. The summed E-state index contributed by atoms with van der Waals surface area (Å²) in [5.74, 6) is 0.839. The highest BCUT2D eigenvalue weighted by molar-refractivity contribution is 5.08. The van der Waals surface area contributed by atoms with Crippen molar-refractivity contribution >= 4 is 0 Å². The summed E-state index contributed by atoms with van der Waals surface area (Å²) in [6.45, 7) is 7.14. The van der Waals surface area contributed by atoms with E-state index in [1.165, 1.54) is 64.8 Å². The maximum Gasteiger partial charge on any atom is 0.0496 e. The van der Waals surface area contributed by atoms with Gasteiger partial charge in [0.2, 0.25) is 0 Å². The van der Waals surface area contributed by atoms with Crippen LogP contribution in [0.25, 0.3) is 0 Å². The smallest absolute Gasteiger partial charge is 0.0496 e. The Hall–Kier alpha value is -0.160. The molecule has 0 aromatic heterocycles. The molecular weight excluding hydrogens is 248 g/mol. The second-order valence-corrected chi connectivity index (χ2v) is 7.40. The average Bonchev–Trinajstić information content (AvgIpc) is 3.03. The van der Waals surface area contributed by atoms with Crippen molar-refractivity contribution in [1.82, 2.24) is 14.7 Å². The van der Waals surface area contributed by atoms with Crippen molar-refractivity contribution < 1.29 is 0 Å². The number of hydrogen-bond donors (Lipinski definition) is 1. The second kappa shape index (κ2) is 5.91. The molecule has 4 nitrogen and oxygen atoms in total. The van der Waals surface area contributed by atoms with Gasteiger partial charge >= 0.3 is 0 Å². The van der Waals surface area contributed by atoms with E-state index in [0.29, 0.717) is 6.04 Å². The SMILES string of the molecule is CN1CCC(CN(C)C2(CN)CCN3CCCCC32)C1. The van der Waals surface area contributed by atoms with Gasteiger partial charge in [0.1, 0.15) is 0 Å². The molecule has 0 aromatic rings. The van der Waals surface area contributed by atoms with Crippen molar-refractivity contribution in [3.8, 4) is 0 Å². The van der Waals surface area contributed by atoms with Crippen LogP contribution in [0, 0.1) is 5.92 Å². The van der Waals surface area contributed by atoms with Crippen LogP contribution in [0.5, 0.6) is 0 Å². The van der Waals surface area contributed by atoms with Gasteiger partial charge in [-0.15, -0.1) is 0 Å². The standard InChI is InChI=1S/C16H32N4/c1-18-9-6-14(11-18)12-19(2)16(13-17)7-10-20-8-4-3-5-15(16)20/h14-15H,3-13,17H2,1-2H3. The Bertz CT molecular complexity index is 334. The molecular formula is C16H32N4. The summed E-state index contributed by atoms with van der Waals surface area (Å²) in [6, 6.07) is 0.713. The van der Waals surface area contributed by atoms with Crippen LogP contribution in [0.4, 0.5) is 0 Å². The Labute approximate surface area is 124 Å². The molecule has 0 aliphatic carbocycles.